The van der Waals surface area contributed by atoms with Crippen LogP contribution in [0, 0.1) is 0 Å². The Hall–Kier alpha value is -1.62. The Morgan fingerprint density at radius 1 is 1.56 bits per heavy atom. The van der Waals surface area contributed by atoms with Crippen LogP contribution in [0.4, 0.5) is 0 Å². The molecule has 1 aliphatic rings. The van der Waals surface area contributed by atoms with E-state index in [-0.39, 0.29) is 11.1 Å². The third kappa shape index (κ3) is 1.86. The molecule has 0 unspecified atom stereocenters. The molecule has 1 aliphatic heterocycles. The molecule has 0 bridgehead atoms. The van der Waals surface area contributed by atoms with E-state index in [0.717, 1.165) is 30.8 Å². The van der Waals surface area contributed by atoms with Crippen molar-refractivity contribution in [2.24, 2.45) is 0 Å². The van der Waals surface area contributed by atoms with Gasteiger partial charge in [-0.1, -0.05) is 0 Å². The number of pyridine rings is 1. The van der Waals surface area contributed by atoms with Crippen LogP contribution in [0.5, 0.6) is 0 Å². The summed E-state index contributed by atoms with van der Waals surface area (Å²) < 4.78 is 4.56. The number of ether oxygens (including phenoxy) is 1. The summed E-state index contributed by atoms with van der Waals surface area (Å²) in [6, 6.07) is 1.63. The van der Waals surface area contributed by atoms with Gasteiger partial charge >= 0.3 is 5.97 Å². The summed E-state index contributed by atoms with van der Waals surface area (Å²) in [6.07, 6.45) is 0.808. The Balaban J connectivity index is 2.47. The highest BCUT2D eigenvalue weighted by molar-refractivity contribution is 5.89. The smallest absolute Gasteiger partial charge is 0.343 e. The van der Waals surface area contributed by atoms with Gasteiger partial charge in [0.1, 0.15) is 5.56 Å². The predicted molar refractivity (Wildman–Crippen MR) is 58.4 cm³/mol. The lowest BCUT2D eigenvalue weighted by molar-refractivity contribution is 0.0598. The first-order chi connectivity index (χ1) is 7.61. The quantitative estimate of drug-likeness (QED) is 0.687. The second-order valence-electron chi connectivity index (χ2n) is 4.00. The molecule has 0 atom stereocenters. The van der Waals surface area contributed by atoms with E-state index in [1.807, 2.05) is 7.05 Å². The van der Waals surface area contributed by atoms with Crippen LogP contribution >= 0.6 is 0 Å². The standard InChI is InChI=1S/C11H14N2O3/c1-13-4-3-9-7(6-13)5-8(10(14)12-9)11(15)16-2/h5H,3-4,6H2,1-2H3,(H,12,14). The molecule has 5 nitrogen and oxygen atoms in total. The first-order valence-electron chi connectivity index (χ1n) is 5.13. The van der Waals surface area contributed by atoms with Crippen molar-refractivity contribution in [3.63, 3.8) is 0 Å². The topological polar surface area (TPSA) is 62.4 Å². The van der Waals surface area contributed by atoms with Gasteiger partial charge in [-0.15, -0.1) is 0 Å². The maximum atomic E-state index is 11.6. The summed E-state index contributed by atoms with van der Waals surface area (Å²) in [5, 5.41) is 0. The molecule has 86 valence electrons. The maximum Gasteiger partial charge on any atom is 0.343 e. The normalized spacial score (nSPS) is 15.6. The molecule has 0 aliphatic carbocycles. The van der Waals surface area contributed by atoms with E-state index < -0.39 is 5.97 Å². The van der Waals surface area contributed by atoms with Gasteiger partial charge in [-0.05, 0) is 18.7 Å². The van der Waals surface area contributed by atoms with E-state index in [1.54, 1.807) is 6.07 Å². The van der Waals surface area contributed by atoms with Gasteiger partial charge in [-0.25, -0.2) is 4.79 Å². The molecule has 1 aromatic heterocycles. The SMILES string of the molecule is COC(=O)c1cc2c([nH]c1=O)CCN(C)C2. The van der Waals surface area contributed by atoms with Crippen LogP contribution in [0.3, 0.4) is 0 Å². The minimum absolute atomic E-state index is 0.0801. The monoisotopic (exact) mass is 222 g/mol. The number of aromatic nitrogens is 1. The number of aromatic amines is 1. The molecule has 2 rings (SSSR count). The number of carbonyl (C=O) groups is 1. The van der Waals surface area contributed by atoms with Crippen molar-refractivity contribution in [1.82, 2.24) is 9.88 Å². The van der Waals surface area contributed by atoms with Crippen molar-refractivity contribution in [2.45, 2.75) is 13.0 Å². The fraction of sp³-hybridized carbons (Fsp3) is 0.455. The number of carbonyl (C=O) groups excluding carboxylic acids is 1. The summed E-state index contributed by atoms with van der Waals surface area (Å²) in [7, 11) is 3.28. The van der Waals surface area contributed by atoms with Gasteiger partial charge in [0.25, 0.3) is 5.56 Å². The Bertz CT molecular complexity index is 479. The Morgan fingerprint density at radius 2 is 2.31 bits per heavy atom. The number of H-pyrrole nitrogens is 1. The third-order valence-corrected chi connectivity index (χ3v) is 2.80. The summed E-state index contributed by atoms with van der Waals surface area (Å²) in [5.74, 6) is -0.586. The highest BCUT2D eigenvalue weighted by Crippen LogP contribution is 2.15. The summed E-state index contributed by atoms with van der Waals surface area (Å²) in [4.78, 5) is 27.8. The van der Waals surface area contributed by atoms with E-state index in [9.17, 15) is 9.59 Å². The predicted octanol–water partition coefficient (Wildman–Crippen LogP) is 0.149. The van der Waals surface area contributed by atoms with Crippen LogP contribution in [-0.2, 0) is 17.7 Å². The van der Waals surface area contributed by atoms with Gasteiger partial charge in [-0.3, -0.25) is 4.79 Å². The number of hydrogen-bond donors (Lipinski definition) is 1. The summed E-state index contributed by atoms with van der Waals surface area (Å²) >= 11 is 0. The van der Waals surface area contributed by atoms with Gasteiger partial charge in [0.05, 0.1) is 7.11 Å². The van der Waals surface area contributed by atoms with Crippen LogP contribution in [0.2, 0.25) is 0 Å². The van der Waals surface area contributed by atoms with Gasteiger partial charge in [-0.2, -0.15) is 0 Å². The molecule has 0 spiro atoms. The second kappa shape index (κ2) is 4.09. The minimum atomic E-state index is -0.586. The minimum Gasteiger partial charge on any atom is -0.465 e. The van der Waals surface area contributed by atoms with Gasteiger partial charge < -0.3 is 14.6 Å². The van der Waals surface area contributed by atoms with E-state index >= 15 is 0 Å². The highest BCUT2D eigenvalue weighted by Gasteiger charge is 2.19. The number of methoxy groups -OCH3 is 1. The molecular weight excluding hydrogens is 208 g/mol. The maximum absolute atomic E-state index is 11.6. The first kappa shape index (κ1) is 10.9. The third-order valence-electron chi connectivity index (χ3n) is 2.80. The Kier molecular flexibility index (Phi) is 2.78. The number of fused-ring (bicyclic) bond motifs is 1. The fourth-order valence-corrected chi connectivity index (χ4v) is 1.91. The lowest BCUT2D eigenvalue weighted by Crippen LogP contribution is -2.31. The largest absolute Gasteiger partial charge is 0.465 e. The fourth-order valence-electron chi connectivity index (χ4n) is 1.91. The summed E-state index contributed by atoms with van der Waals surface area (Å²) in [5.41, 5.74) is 1.64. The number of nitrogens with one attached hydrogen (secondary N) is 1. The molecule has 0 saturated heterocycles. The zero-order valence-corrected chi connectivity index (χ0v) is 9.37. The molecule has 0 radical (unpaired) electrons. The number of nitrogens with zero attached hydrogens (tertiary/aromatic N) is 1. The van der Waals surface area contributed by atoms with Gasteiger partial charge in [0.15, 0.2) is 0 Å². The van der Waals surface area contributed by atoms with Crippen molar-refractivity contribution in [1.29, 1.82) is 0 Å². The van der Waals surface area contributed by atoms with Crippen LogP contribution in [0.25, 0.3) is 0 Å². The number of hydrogen-bond acceptors (Lipinski definition) is 4. The molecule has 2 heterocycles. The van der Waals surface area contributed by atoms with Gasteiger partial charge in [0.2, 0.25) is 0 Å². The average molecular weight is 222 g/mol. The number of rotatable bonds is 1. The second-order valence-corrected chi connectivity index (χ2v) is 4.00. The van der Waals surface area contributed by atoms with Crippen LogP contribution in [0.15, 0.2) is 10.9 Å². The van der Waals surface area contributed by atoms with E-state index in [0.29, 0.717) is 0 Å². The van der Waals surface area contributed by atoms with Crippen LogP contribution < -0.4 is 5.56 Å². The van der Waals surface area contributed by atoms with Crippen molar-refractivity contribution in [3.05, 3.63) is 33.2 Å². The van der Waals surface area contributed by atoms with E-state index in [2.05, 4.69) is 14.6 Å². The zero-order chi connectivity index (χ0) is 11.7. The number of likely N-dealkylation sites (N-methyl/N-ethyl adjacent to an activating group) is 1. The van der Waals surface area contributed by atoms with Crippen molar-refractivity contribution < 1.29 is 9.53 Å². The van der Waals surface area contributed by atoms with Crippen molar-refractivity contribution in [3.8, 4) is 0 Å². The number of esters is 1. The summed E-state index contributed by atoms with van der Waals surface area (Å²) in [6.45, 7) is 1.66. The van der Waals surface area contributed by atoms with E-state index in [4.69, 9.17) is 0 Å². The molecule has 0 aromatic carbocycles. The first-order valence-corrected chi connectivity index (χ1v) is 5.13. The average Bonchev–Trinajstić information content (AvgIpc) is 2.28. The molecular formula is C11H14N2O3. The Morgan fingerprint density at radius 3 is 3.00 bits per heavy atom. The van der Waals surface area contributed by atoms with Crippen molar-refractivity contribution >= 4 is 5.97 Å². The molecule has 16 heavy (non-hydrogen) atoms. The zero-order valence-electron chi connectivity index (χ0n) is 9.37. The molecule has 0 saturated carbocycles. The van der Waals surface area contributed by atoms with E-state index in [1.165, 1.54) is 7.11 Å². The molecule has 1 aromatic rings. The lowest BCUT2D eigenvalue weighted by atomic mass is 10.0. The molecule has 0 amide bonds. The molecule has 0 fully saturated rings. The van der Waals surface area contributed by atoms with Crippen LogP contribution in [0.1, 0.15) is 21.6 Å². The van der Waals surface area contributed by atoms with Crippen molar-refractivity contribution in [2.75, 3.05) is 20.7 Å². The lowest BCUT2D eigenvalue weighted by Gasteiger charge is -2.24. The van der Waals surface area contributed by atoms with Gasteiger partial charge in [0, 0.05) is 25.2 Å². The van der Waals surface area contributed by atoms with Crippen LogP contribution in [-0.4, -0.2) is 36.6 Å². The highest BCUT2D eigenvalue weighted by atomic mass is 16.5. The Labute approximate surface area is 93.0 Å². The molecule has 1 N–H and O–H groups in total. The molecule has 5 heteroatoms.